The highest BCUT2D eigenvalue weighted by atomic mass is 15.1. The van der Waals surface area contributed by atoms with E-state index in [4.69, 9.17) is 4.98 Å². The second kappa shape index (κ2) is 6.57. The van der Waals surface area contributed by atoms with Crippen molar-refractivity contribution in [2.75, 3.05) is 30.9 Å². The van der Waals surface area contributed by atoms with Crippen LogP contribution in [0.15, 0.2) is 24.3 Å². The molecular weight excluding hydrogens is 260 g/mol. The topological polar surface area (TPSA) is 41.1 Å². The van der Waals surface area contributed by atoms with Gasteiger partial charge in [0.15, 0.2) is 5.82 Å². The predicted molar refractivity (Wildman–Crippen MR) is 90.1 cm³/mol. The number of aromatic nitrogens is 2. The first-order chi connectivity index (χ1) is 10.1. The molecule has 0 fully saturated rings. The van der Waals surface area contributed by atoms with Crippen molar-refractivity contribution < 1.29 is 0 Å². The van der Waals surface area contributed by atoms with E-state index >= 15 is 0 Å². The first-order valence-electron chi connectivity index (χ1n) is 7.46. The number of anilines is 2. The molecule has 0 saturated heterocycles. The fourth-order valence-electron chi connectivity index (χ4n) is 2.37. The van der Waals surface area contributed by atoms with Gasteiger partial charge in [0.1, 0.15) is 5.82 Å². The highest BCUT2D eigenvalue weighted by Gasteiger charge is 2.11. The molecule has 0 spiro atoms. The molecule has 0 aliphatic heterocycles. The number of hydrogen-bond donors (Lipinski definition) is 1. The summed E-state index contributed by atoms with van der Waals surface area (Å²) in [7, 11) is 4.07. The zero-order valence-corrected chi connectivity index (χ0v) is 13.6. The van der Waals surface area contributed by atoms with Gasteiger partial charge in [0.2, 0.25) is 0 Å². The third kappa shape index (κ3) is 3.32. The van der Waals surface area contributed by atoms with Crippen molar-refractivity contribution in [3.05, 3.63) is 35.5 Å². The van der Waals surface area contributed by atoms with Crippen LogP contribution in [0.2, 0.25) is 0 Å². The predicted octanol–water partition coefficient (Wildman–Crippen LogP) is 3.51. The monoisotopic (exact) mass is 284 g/mol. The molecule has 0 aliphatic rings. The summed E-state index contributed by atoms with van der Waals surface area (Å²) in [5.74, 6) is 1.74. The molecule has 1 aromatic heterocycles. The maximum absolute atomic E-state index is 4.70. The Balaban J connectivity index is 2.43. The van der Waals surface area contributed by atoms with Crippen LogP contribution in [0, 0.1) is 6.92 Å². The Labute approximate surface area is 127 Å². The van der Waals surface area contributed by atoms with Crippen molar-refractivity contribution >= 4 is 11.5 Å². The van der Waals surface area contributed by atoms with Gasteiger partial charge in [-0.05, 0) is 44.5 Å². The molecule has 4 nitrogen and oxygen atoms in total. The van der Waals surface area contributed by atoms with Gasteiger partial charge >= 0.3 is 0 Å². The van der Waals surface area contributed by atoms with Gasteiger partial charge in [0, 0.05) is 43.1 Å². The normalized spacial score (nSPS) is 10.5. The summed E-state index contributed by atoms with van der Waals surface area (Å²) in [6.07, 6.45) is 0.939. The van der Waals surface area contributed by atoms with Gasteiger partial charge in [-0.3, -0.25) is 0 Å². The van der Waals surface area contributed by atoms with Gasteiger partial charge in [-0.1, -0.05) is 6.92 Å². The summed E-state index contributed by atoms with van der Waals surface area (Å²) >= 11 is 0. The molecule has 2 rings (SSSR count). The lowest BCUT2D eigenvalue weighted by molar-refractivity contribution is 0.989. The third-order valence-corrected chi connectivity index (χ3v) is 3.55. The minimum absolute atomic E-state index is 0.783. The second-order valence-electron chi connectivity index (χ2n) is 5.28. The van der Waals surface area contributed by atoms with E-state index in [9.17, 15) is 0 Å². The molecule has 0 amide bonds. The number of aryl methyl sites for hydroxylation is 1. The number of nitrogens with zero attached hydrogens (tertiary/aromatic N) is 3. The zero-order chi connectivity index (χ0) is 15.4. The number of hydrogen-bond acceptors (Lipinski definition) is 4. The van der Waals surface area contributed by atoms with Gasteiger partial charge < -0.3 is 10.2 Å². The maximum Gasteiger partial charge on any atom is 0.161 e. The summed E-state index contributed by atoms with van der Waals surface area (Å²) in [5, 5.41) is 3.35. The van der Waals surface area contributed by atoms with Crippen molar-refractivity contribution in [3.63, 3.8) is 0 Å². The summed E-state index contributed by atoms with van der Waals surface area (Å²) in [6, 6.07) is 8.33. The van der Waals surface area contributed by atoms with E-state index in [1.165, 1.54) is 11.3 Å². The molecular formula is C17H24N4. The molecule has 0 atom stereocenters. The van der Waals surface area contributed by atoms with E-state index in [0.717, 1.165) is 35.9 Å². The van der Waals surface area contributed by atoms with Crippen molar-refractivity contribution in [1.82, 2.24) is 9.97 Å². The van der Waals surface area contributed by atoms with Crippen LogP contribution in [0.1, 0.15) is 25.1 Å². The fourth-order valence-corrected chi connectivity index (χ4v) is 2.37. The smallest absolute Gasteiger partial charge is 0.161 e. The molecule has 0 unspecified atom stereocenters. The molecule has 0 radical (unpaired) electrons. The Hall–Kier alpha value is -2.10. The van der Waals surface area contributed by atoms with Gasteiger partial charge in [0.25, 0.3) is 0 Å². The van der Waals surface area contributed by atoms with Gasteiger partial charge in [-0.2, -0.15) is 0 Å². The van der Waals surface area contributed by atoms with E-state index in [1.54, 1.807) is 0 Å². The Morgan fingerprint density at radius 3 is 2.24 bits per heavy atom. The molecule has 112 valence electrons. The van der Waals surface area contributed by atoms with Crippen molar-refractivity contribution in [2.45, 2.75) is 27.2 Å². The molecule has 0 saturated carbocycles. The molecule has 4 heteroatoms. The largest absolute Gasteiger partial charge is 0.378 e. The Morgan fingerprint density at radius 2 is 1.71 bits per heavy atom. The van der Waals surface area contributed by atoms with Crippen molar-refractivity contribution in [1.29, 1.82) is 0 Å². The van der Waals surface area contributed by atoms with Crippen LogP contribution >= 0.6 is 0 Å². The molecule has 2 aromatic rings. The molecule has 1 N–H and O–H groups in total. The maximum atomic E-state index is 4.70. The molecule has 21 heavy (non-hydrogen) atoms. The average Bonchev–Trinajstić information content (AvgIpc) is 2.47. The number of rotatable bonds is 5. The third-order valence-electron chi connectivity index (χ3n) is 3.55. The Morgan fingerprint density at radius 1 is 1.05 bits per heavy atom. The second-order valence-corrected chi connectivity index (χ2v) is 5.28. The number of nitrogens with one attached hydrogen (secondary N) is 1. The van der Waals surface area contributed by atoms with Gasteiger partial charge in [-0.15, -0.1) is 0 Å². The van der Waals surface area contributed by atoms with Crippen LogP contribution in [-0.2, 0) is 6.42 Å². The first kappa shape index (κ1) is 15.3. The minimum atomic E-state index is 0.783. The molecule has 1 aromatic carbocycles. The van der Waals surface area contributed by atoms with Crippen LogP contribution in [0.5, 0.6) is 0 Å². The minimum Gasteiger partial charge on any atom is -0.378 e. The van der Waals surface area contributed by atoms with Crippen LogP contribution in [-0.4, -0.2) is 30.6 Å². The SMILES string of the molecule is CCNc1nc(-c2ccc(N(C)C)cc2)nc(C)c1CC. The van der Waals surface area contributed by atoms with Gasteiger partial charge in [0.05, 0.1) is 0 Å². The van der Waals surface area contributed by atoms with E-state index in [1.807, 2.05) is 14.1 Å². The Bertz CT molecular complexity index is 603. The summed E-state index contributed by atoms with van der Waals surface area (Å²) < 4.78 is 0. The first-order valence-corrected chi connectivity index (χ1v) is 7.46. The summed E-state index contributed by atoms with van der Waals surface area (Å²) in [6.45, 7) is 7.14. The van der Waals surface area contributed by atoms with Crippen molar-refractivity contribution in [2.24, 2.45) is 0 Å². The molecule has 1 heterocycles. The number of benzene rings is 1. The molecule has 0 aliphatic carbocycles. The fraction of sp³-hybridized carbons (Fsp3) is 0.412. The lowest BCUT2D eigenvalue weighted by atomic mass is 10.1. The van der Waals surface area contributed by atoms with E-state index in [0.29, 0.717) is 0 Å². The quantitative estimate of drug-likeness (QED) is 0.912. The van der Waals surface area contributed by atoms with Crippen LogP contribution < -0.4 is 10.2 Å². The van der Waals surface area contributed by atoms with Crippen molar-refractivity contribution in [3.8, 4) is 11.4 Å². The standard InChI is InChI=1S/C17H24N4/c1-6-15-12(3)19-16(20-17(15)18-7-2)13-8-10-14(11-9-13)21(4)5/h8-11H,6-7H2,1-5H3,(H,18,19,20). The van der Waals surface area contributed by atoms with E-state index in [2.05, 4.69) is 60.2 Å². The van der Waals surface area contributed by atoms with Crippen LogP contribution in [0.25, 0.3) is 11.4 Å². The Kier molecular flexibility index (Phi) is 4.78. The van der Waals surface area contributed by atoms with Crippen LogP contribution in [0.3, 0.4) is 0 Å². The lowest BCUT2D eigenvalue weighted by Gasteiger charge is -2.14. The summed E-state index contributed by atoms with van der Waals surface area (Å²) in [5.41, 5.74) is 4.47. The summed E-state index contributed by atoms with van der Waals surface area (Å²) in [4.78, 5) is 11.5. The highest BCUT2D eigenvalue weighted by molar-refractivity contribution is 5.63. The lowest BCUT2D eigenvalue weighted by Crippen LogP contribution is -2.09. The average molecular weight is 284 g/mol. The van der Waals surface area contributed by atoms with E-state index < -0.39 is 0 Å². The highest BCUT2D eigenvalue weighted by Crippen LogP contribution is 2.24. The van der Waals surface area contributed by atoms with Crippen LogP contribution in [0.4, 0.5) is 11.5 Å². The molecule has 0 bridgehead atoms. The zero-order valence-electron chi connectivity index (χ0n) is 13.6. The van der Waals surface area contributed by atoms with Gasteiger partial charge in [-0.25, -0.2) is 9.97 Å². The van der Waals surface area contributed by atoms with E-state index in [-0.39, 0.29) is 0 Å².